The van der Waals surface area contributed by atoms with Crippen LogP contribution in [0.25, 0.3) is 4.85 Å². The molecular formula is C14H10ClN3O2. The van der Waals surface area contributed by atoms with Crippen molar-refractivity contribution < 1.29 is 9.90 Å². The van der Waals surface area contributed by atoms with Crippen LogP contribution in [0.1, 0.15) is 16.2 Å². The molecule has 1 aromatic carbocycles. The highest BCUT2D eigenvalue weighted by atomic mass is 35.5. The summed E-state index contributed by atoms with van der Waals surface area (Å²) in [6, 6.07) is 9.49. The molecule has 1 heterocycles. The maximum absolute atomic E-state index is 12.1. The van der Waals surface area contributed by atoms with Crippen molar-refractivity contribution in [2.75, 3.05) is 5.32 Å². The zero-order chi connectivity index (χ0) is 14.5. The number of hydrogen-bond acceptors (Lipinski definition) is 3. The largest absolute Gasteiger partial charge is 0.390 e. The molecule has 20 heavy (non-hydrogen) atoms. The second-order valence-electron chi connectivity index (χ2n) is 3.94. The van der Waals surface area contributed by atoms with Gasteiger partial charge in [0, 0.05) is 10.7 Å². The molecule has 1 amide bonds. The average molecular weight is 288 g/mol. The summed E-state index contributed by atoms with van der Waals surface area (Å²) < 4.78 is 0. The van der Waals surface area contributed by atoms with E-state index in [1.807, 2.05) is 0 Å². The van der Waals surface area contributed by atoms with Crippen LogP contribution in [0.3, 0.4) is 0 Å². The SMILES string of the molecule is [C-]#[N+]c1cc(CO)nc(C(=O)Nc2cccc(Cl)c2)c1. The van der Waals surface area contributed by atoms with Gasteiger partial charge in [-0.05, 0) is 30.3 Å². The molecule has 0 spiro atoms. The van der Waals surface area contributed by atoms with E-state index in [0.29, 0.717) is 10.7 Å². The first-order valence-corrected chi connectivity index (χ1v) is 6.06. The van der Waals surface area contributed by atoms with E-state index < -0.39 is 5.91 Å². The van der Waals surface area contributed by atoms with Gasteiger partial charge in [0.15, 0.2) is 5.69 Å². The number of aliphatic hydroxyl groups excluding tert-OH is 1. The van der Waals surface area contributed by atoms with E-state index >= 15 is 0 Å². The van der Waals surface area contributed by atoms with Gasteiger partial charge in [-0.15, -0.1) is 0 Å². The predicted octanol–water partition coefficient (Wildman–Crippen LogP) is 3.03. The van der Waals surface area contributed by atoms with Crippen LogP contribution in [-0.2, 0) is 6.61 Å². The molecule has 0 saturated carbocycles. The normalized spacial score (nSPS) is 9.85. The summed E-state index contributed by atoms with van der Waals surface area (Å²) in [6.45, 7) is 6.64. The lowest BCUT2D eigenvalue weighted by Gasteiger charge is -2.06. The third-order valence-electron chi connectivity index (χ3n) is 2.47. The summed E-state index contributed by atoms with van der Waals surface area (Å²) in [5, 5.41) is 12.2. The summed E-state index contributed by atoms with van der Waals surface area (Å²) in [5.74, 6) is -0.465. The summed E-state index contributed by atoms with van der Waals surface area (Å²) in [5.41, 5.74) is 1.13. The van der Waals surface area contributed by atoms with Gasteiger partial charge in [0.2, 0.25) is 0 Å². The van der Waals surface area contributed by atoms with Gasteiger partial charge in [0.05, 0.1) is 18.9 Å². The lowest BCUT2D eigenvalue weighted by atomic mass is 10.2. The number of hydrogen-bond donors (Lipinski definition) is 2. The Morgan fingerprint density at radius 1 is 1.40 bits per heavy atom. The van der Waals surface area contributed by atoms with E-state index in [9.17, 15) is 4.79 Å². The van der Waals surface area contributed by atoms with Gasteiger partial charge < -0.3 is 10.4 Å². The second kappa shape index (κ2) is 6.15. The van der Waals surface area contributed by atoms with Gasteiger partial charge in [-0.1, -0.05) is 17.7 Å². The predicted molar refractivity (Wildman–Crippen MR) is 75.8 cm³/mol. The molecule has 5 nitrogen and oxygen atoms in total. The quantitative estimate of drug-likeness (QED) is 0.853. The minimum absolute atomic E-state index is 0.0718. The summed E-state index contributed by atoms with van der Waals surface area (Å²) in [6.07, 6.45) is 0. The van der Waals surface area contributed by atoms with Crippen LogP contribution in [0.5, 0.6) is 0 Å². The number of halogens is 1. The summed E-state index contributed by atoms with van der Waals surface area (Å²) >= 11 is 5.83. The lowest BCUT2D eigenvalue weighted by Crippen LogP contribution is -2.14. The van der Waals surface area contributed by atoms with Gasteiger partial charge in [-0.3, -0.25) is 4.79 Å². The fourth-order valence-electron chi connectivity index (χ4n) is 1.59. The van der Waals surface area contributed by atoms with Gasteiger partial charge in [-0.2, -0.15) is 0 Å². The molecular weight excluding hydrogens is 278 g/mol. The van der Waals surface area contributed by atoms with E-state index in [0.717, 1.165) is 0 Å². The zero-order valence-electron chi connectivity index (χ0n) is 10.3. The number of nitrogens with zero attached hydrogens (tertiary/aromatic N) is 2. The number of pyridine rings is 1. The summed E-state index contributed by atoms with van der Waals surface area (Å²) in [7, 11) is 0. The van der Waals surface area contributed by atoms with Crippen LogP contribution >= 0.6 is 11.6 Å². The number of amides is 1. The number of aliphatic hydroxyl groups is 1. The van der Waals surface area contributed by atoms with Gasteiger partial charge in [0.25, 0.3) is 5.91 Å². The Bertz CT molecular complexity index is 695. The minimum Gasteiger partial charge on any atom is -0.390 e. The highest BCUT2D eigenvalue weighted by Gasteiger charge is 2.11. The highest BCUT2D eigenvalue weighted by Crippen LogP contribution is 2.18. The molecule has 0 radical (unpaired) electrons. The molecule has 0 unspecified atom stereocenters. The van der Waals surface area contributed by atoms with E-state index in [1.165, 1.54) is 12.1 Å². The van der Waals surface area contributed by atoms with Crippen molar-refractivity contribution in [1.29, 1.82) is 0 Å². The number of carbonyl (C=O) groups is 1. The Labute approximate surface area is 120 Å². The van der Waals surface area contributed by atoms with E-state index in [-0.39, 0.29) is 23.7 Å². The molecule has 0 fully saturated rings. The first kappa shape index (κ1) is 14.0. The van der Waals surface area contributed by atoms with Crippen molar-refractivity contribution in [2.24, 2.45) is 0 Å². The van der Waals surface area contributed by atoms with Crippen molar-refractivity contribution in [2.45, 2.75) is 6.61 Å². The van der Waals surface area contributed by atoms with E-state index in [2.05, 4.69) is 15.1 Å². The Hall–Kier alpha value is -2.42. The molecule has 6 heteroatoms. The molecule has 0 bridgehead atoms. The Morgan fingerprint density at radius 2 is 2.20 bits per heavy atom. The number of anilines is 1. The smallest absolute Gasteiger partial charge is 0.272 e. The molecule has 0 atom stereocenters. The van der Waals surface area contributed by atoms with Crippen LogP contribution in [-0.4, -0.2) is 16.0 Å². The molecule has 2 aromatic rings. The molecule has 1 aromatic heterocycles. The number of aromatic nitrogens is 1. The number of carbonyl (C=O) groups excluding carboxylic acids is 1. The number of rotatable bonds is 3. The third-order valence-corrected chi connectivity index (χ3v) is 2.70. The Morgan fingerprint density at radius 3 is 2.85 bits per heavy atom. The Balaban J connectivity index is 2.27. The lowest BCUT2D eigenvalue weighted by molar-refractivity contribution is 0.102. The molecule has 2 rings (SSSR count). The van der Waals surface area contributed by atoms with Gasteiger partial charge in [-0.25, -0.2) is 9.83 Å². The third kappa shape index (κ3) is 3.32. The van der Waals surface area contributed by atoms with Crippen molar-refractivity contribution in [1.82, 2.24) is 4.98 Å². The maximum atomic E-state index is 12.1. The van der Waals surface area contributed by atoms with Crippen LogP contribution in [0, 0.1) is 6.57 Å². The van der Waals surface area contributed by atoms with E-state index in [1.54, 1.807) is 24.3 Å². The van der Waals surface area contributed by atoms with Crippen LogP contribution in [0.15, 0.2) is 36.4 Å². The average Bonchev–Trinajstić information content (AvgIpc) is 2.46. The maximum Gasteiger partial charge on any atom is 0.272 e. The van der Waals surface area contributed by atoms with Gasteiger partial charge >= 0.3 is 0 Å². The topological polar surface area (TPSA) is 66.6 Å². The monoisotopic (exact) mass is 287 g/mol. The number of nitrogens with one attached hydrogen (secondary N) is 1. The minimum atomic E-state index is -0.465. The van der Waals surface area contributed by atoms with Crippen molar-refractivity contribution in [3.63, 3.8) is 0 Å². The molecule has 2 N–H and O–H groups in total. The van der Waals surface area contributed by atoms with Crippen molar-refractivity contribution >= 4 is 28.9 Å². The fourth-order valence-corrected chi connectivity index (χ4v) is 1.79. The van der Waals surface area contributed by atoms with Crippen LogP contribution in [0.2, 0.25) is 5.02 Å². The molecule has 0 saturated heterocycles. The van der Waals surface area contributed by atoms with Crippen molar-refractivity contribution in [3.05, 3.63) is 64.2 Å². The molecule has 0 aliphatic heterocycles. The second-order valence-corrected chi connectivity index (χ2v) is 4.37. The first-order valence-electron chi connectivity index (χ1n) is 5.68. The van der Waals surface area contributed by atoms with Crippen molar-refractivity contribution in [3.8, 4) is 0 Å². The Kier molecular flexibility index (Phi) is 4.31. The first-order chi connectivity index (χ1) is 9.62. The number of benzene rings is 1. The highest BCUT2D eigenvalue weighted by molar-refractivity contribution is 6.30. The van der Waals surface area contributed by atoms with E-state index in [4.69, 9.17) is 23.3 Å². The standard InChI is InChI=1S/C14H10ClN3O2/c1-16-11-6-12(8-19)17-13(7-11)14(20)18-10-4-2-3-9(15)5-10/h2-7,19H,8H2,(H,18,20). The molecule has 0 aliphatic rings. The van der Waals surface area contributed by atoms with Gasteiger partial charge in [0.1, 0.15) is 5.69 Å². The van der Waals surface area contributed by atoms with Crippen LogP contribution in [0.4, 0.5) is 11.4 Å². The fraction of sp³-hybridized carbons (Fsp3) is 0.0714. The zero-order valence-corrected chi connectivity index (χ0v) is 11.1. The molecule has 0 aliphatic carbocycles. The molecule has 100 valence electrons. The summed E-state index contributed by atoms with van der Waals surface area (Å²) in [4.78, 5) is 19.3. The van der Waals surface area contributed by atoms with Crippen LogP contribution < -0.4 is 5.32 Å².